The van der Waals surface area contributed by atoms with Crippen LogP contribution < -0.4 is 14.8 Å². The molecule has 0 unspecified atom stereocenters. The number of nitrogens with zero attached hydrogens (tertiary/aromatic N) is 1. The molecule has 0 saturated carbocycles. The number of aliphatic imine (C=N–C) groups is 1. The normalized spacial score (nSPS) is 12.8. The van der Waals surface area contributed by atoms with Crippen LogP contribution >= 0.6 is 12.4 Å². The Hall–Kier alpha value is -2.76. The van der Waals surface area contributed by atoms with Crippen molar-refractivity contribution < 1.29 is 14.2 Å². The second kappa shape index (κ2) is 9.63. The summed E-state index contributed by atoms with van der Waals surface area (Å²) in [5.41, 5.74) is 3.17. The molecule has 0 aliphatic carbocycles. The van der Waals surface area contributed by atoms with Crippen LogP contribution in [0.1, 0.15) is 5.56 Å². The molecular formula is C23H25ClN2O3. The summed E-state index contributed by atoms with van der Waals surface area (Å²) < 4.78 is 16.6. The minimum atomic E-state index is 0. The predicted molar refractivity (Wildman–Crippen MR) is 120 cm³/mol. The molecule has 1 aliphatic heterocycles. The van der Waals surface area contributed by atoms with E-state index in [-0.39, 0.29) is 12.4 Å². The second-order valence-corrected chi connectivity index (χ2v) is 6.61. The lowest BCUT2D eigenvalue weighted by Crippen LogP contribution is -2.20. The molecule has 29 heavy (non-hydrogen) atoms. The highest BCUT2D eigenvalue weighted by Gasteiger charge is 2.16. The van der Waals surface area contributed by atoms with Gasteiger partial charge in [0, 0.05) is 19.2 Å². The molecule has 1 heterocycles. The van der Waals surface area contributed by atoms with Crippen LogP contribution in [0.4, 0.5) is 0 Å². The van der Waals surface area contributed by atoms with E-state index < -0.39 is 0 Å². The molecule has 0 bridgehead atoms. The number of rotatable bonds is 7. The number of para-hydroxylation sites is 1. The van der Waals surface area contributed by atoms with Crippen molar-refractivity contribution in [3.63, 3.8) is 0 Å². The van der Waals surface area contributed by atoms with Crippen LogP contribution in [0.15, 0.2) is 59.6 Å². The first-order valence-corrected chi connectivity index (χ1v) is 9.42. The molecule has 0 radical (unpaired) electrons. The van der Waals surface area contributed by atoms with E-state index in [0.29, 0.717) is 13.2 Å². The topological polar surface area (TPSA) is 52.1 Å². The summed E-state index contributed by atoms with van der Waals surface area (Å²) in [4.78, 5) is 4.58. The Morgan fingerprint density at radius 2 is 1.76 bits per heavy atom. The van der Waals surface area contributed by atoms with E-state index in [1.165, 1.54) is 0 Å². The molecule has 5 nitrogen and oxygen atoms in total. The molecule has 0 fully saturated rings. The van der Waals surface area contributed by atoms with Gasteiger partial charge in [0.1, 0.15) is 23.9 Å². The lowest BCUT2D eigenvalue weighted by molar-refractivity contribution is 0.146. The first-order chi connectivity index (χ1) is 13.8. The van der Waals surface area contributed by atoms with E-state index in [1.54, 1.807) is 14.2 Å². The van der Waals surface area contributed by atoms with Gasteiger partial charge >= 0.3 is 0 Å². The largest absolute Gasteiger partial charge is 0.496 e. The summed E-state index contributed by atoms with van der Waals surface area (Å²) in [6, 6.07) is 18.7. The fourth-order valence-corrected chi connectivity index (χ4v) is 3.45. The number of hydrogen-bond donors (Lipinski definition) is 1. The number of halogens is 1. The third kappa shape index (κ3) is 4.47. The van der Waals surface area contributed by atoms with Crippen LogP contribution in [-0.4, -0.2) is 46.4 Å². The highest BCUT2D eigenvalue weighted by atomic mass is 35.5. The molecule has 3 aromatic carbocycles. The van der Waals surface area contributed by atoms with Gasteiger partial charge in [0.25, 0.3) is 0 Å². The molecule has 3 aromatic rings. The van der Waals surface area contributed by atoms with E-state index in [9.17, 15) is 0 Å². The molecule has 4 rings (SSSR count). The second-order valence-electron chi connectivity index (χ2n) is 6.61. The number of methoxy groups -OCH3 is 2. The molecule has 6 heteroatoms. The summed E-state index contributed by atoms with van der Waals surface area (Å²) in [7, 11) is 3.37. The summed E-state index contributed by atoms with van der Waals surface area (Å²) in [6.07, 6.45) is 0. The van der Waals surface area contributed by atoms with Gasteiger partial charge in [-0.15, -0.1) is 12.4 Å². The number of ether oxygens (including phenoxy) is 3. The SMILES string of the molecule is COCCOc1cc2ccc(-c3ccccc3OC)cc2cc1C1=NCCN1.Cl. The maximum Gasteiger partial charge on any atom is 0.132 e. The third-order valence-corrected chi connectivity index (χ3v) is 4.83. The number of fused-ring (bicyclic) bond motifs is 1. The predicted octanol–water partition coefficient (Wildman–Crippen LogP) is 4.31. The Labute approximate surface area is 177 Å². The zero-order chi connectivity index (χ0) is 19.3. The van der Waals surface area contributed by atoms with Crippen molar-refractivity contribution in [2.45, 2.75) is 0 Å². The van der Waals surface area contributed by atoms with Gasteiger partial charge in [-0.2, -0.15) is 0 Å². The minimum Gasteiger partial charge on any atom is -0.496 e. The quantitative estimate of drug-likeness (QED) is 0.587. The number of amidine groups is 1. The van der Waals surface area contributed by atoms with E-state index >= 15 is 0 Å². The maximum absolute atomic E-state index is 5.98. The monoisotopic (exact) mass is 412 g/mol. The standard InChI is InChI=1S/C23H24N2O3.ClH/c1-26-11-12-28-22-15-16-7-8-17(19-5-3-4-6-21(19)27-2)13-18(16)14-20(22)23-24-9-10-25-23;/h3-8,13-15H,9-12H2,1-2H3,(H,24,25);1H. The van der Waals surface area contributed by atoms with Gasteiger partial charge in [-0.05, 0) is 40.6 Å². The summed E-state index contributed by atoms with van der Waals surface area (Å²) in [5.74, 6) is 2.57. The molecule has 0 spiro atoms. The van der Waals surface area contributed by atoms with Crippen LogP contribution in [-0.2, 0) is 4.74 Å². The maximum atomic E-state index is 5.98. The molecule has 0 amide bonds. The Morgan fingerprint density at radius 3 is 2.52 bits per heavy atom. The van der Waals surface area contributed by atoms with E-state index in [1.807, 2.05) is 18.2 Å². The third-order valence-electron chi connectivity index (χ3n) is 4.83. The van der Waals surface area contributed by atoms with Crippen molar-refractivity contribution in [1.29, 1.82) is 0 Å². The fourth-order valence-electron chi connectivity index (χ4n) is 3.45. The summed E-state index contributed by atoms with van der Waals surface area (Å²) in [6.45, 7) is 2.68. The van der Waals surface area contributed by atoms with Crippen LogP contribution in [0.5, 0.6) is 11.5 Å². The van der Waals surface area contributed by atoms with E-state index in [2.05, 4.69) is 46.7 Å². The first kappa shape index (κ1) is 21.0. The lowest BCUT2D eigenvalue weighted by atomic mass is 9.98. The first-order valence-electron chi connectivity index (χ1n) is 9.42. The number of nitrogens with one attached hydrogen (secondary N) is 1. The molecule has 1 aliphatic rings. The van der Waals surface area contributed by atoms with Gasteiger partial charge in [-0.25, -0.2) is 0 Å². The highest BCUT2D eigenvalue weighted by Crippen LogP contribution is 2.34. The zero-order valence-corrected chi connectivity index (χ0v) is 17.4. The van der Waals surface area contributed by atoms with Crippen molar-refractivity contribution in [2.24, 2.45) is 4.99 Å². The summed E-state index contributed by atoms with van der Waals surface area (Å²) in [5, 5.41) is 5.60. The highest BCUT2D eigenvalue weighted by molar-refractivity contribution is 6.06. The van der Waals surface area contributed by atoms with Gasteiger partial charge in [0.15, 0.2) is 0 Å². The number of hydrogen-bond acceptors (Lipinski definition) is 5. The van der Waals surface area contributed by atoms with Crippen molar-refractivity contribution >= 4 is 29.0 Å². The molecular weight excluding hydrogens is 388 g/mol. The fraction of sp³-hybridized carbons (Fsp3) is 0.261. The zero-order valence-electron chi connectivity index (χ0n) is 16.6. The number of benzene rings is 3. The van der Waals surface area contributed by atoms with E-state index in [0.717, 1.165) is 57.9 Å². The molecule has 0 aromatic heterocycles. The van der Waals surface area contributed by atoms with E-state index in [4.69, 9.17) is 14.2 Å². The minimum absolute atomic E-state index is 0. The Kier molecular flexibility index (Phi) is 6.96. The van der Waals surface area contributed by atoms with Crippen molar-refractivity contribution in [3.05, 3.63) is 60.2 Å². The van der Waals surface area contributed by atoms with Crippen molar-refractivity contribution in [1.82, 2.24) is 5.32 Å². The average Bonchev–Trinajstić information content (AvgIpc) is 3.28. The Morgan fingerprint density at radius 1 is 0.897 bits per heavy atom. The average molecular weight is 413 g/mol. The van der Waals surface area contributed by atoms with Gasteiger partial charge < -0.3 is 19.5 Å². The van der Waals surface area contributed by atoms with Crippen LogP contribution in [0, 0.1) is 0 Å². The van der Waals surface area contributed by atoms with Crippen molar-refractivity contribution in [3.8, 4) is 22.6 Å². The van der Waals surface area contributed by atoms with Crippen LogP contribution in [0.25, 0.3) is 21.9 Å². The van der Waals surface area contributed by atoms with Gasteiger partial charge in [-0.1, -0.05) is 30.3 Å². The molecule has 1 N–H and O–H groups in total. The van der Waals surface area contributed by atoms with Gasteiger partial charge in [-0.3, -0.25) is 4.99 Å². The lowest BCUT2D eigenvalue weighted by Gasteiger charge is -2.15. The molecule has 152 valence electrons. The Bertz CT molecular complexity index is 1020. The van der Waals surface area contributed by atoms with Gasteiger partial charge in [0.05, 0.1) is 25.8 Å². The molecule has 0 saturated heterocycles. The smallest absolute Gasteiger partial charge is 0.132 e. The van der Waals surface area contributed by atoms with Crippen LogP contribution in [0.2, 0.25) is 0 Å². The summed E-state index contributed by atoms with van der Waals surface area (Å²) >= 11 is 0. The van der Waals surface area contributed by atoms with Gasteiger partial charge in [0.2, 0.25) is 0 Å². The molecule has 0 atom stereocenters. The van der Waals surface area contributed by atoms with Crippen molar-refractivity contribution in [2.75, 3.05) is 40.5 Å². The van der Waals surface area contributed by atoms with Crippen LogP contribution in [0.3, 0.4) is 0 Å². The Balaban J connectivity index is 0.00000240.